The van der Waals surface area contributed by atoms with Crippen molar-refractivity contribution >= 4 is 5.69 Å². The highest BCUT2D eigenvalue weighted by Gasteiger charge is 2.45. The van der Waals surface area contributed by atoms with Gasteiger partial charge in [0, 0.05) is 0 Å². The van der Waals surface area contributed by atoms with E-state index in [4.69, 9.17) is 19.5 Å². The lowest BCUT2D eigenvalue weighted by molar-refractivity contribution is -0.385. The third-order valence-electron chi connectivity index (χ3n) is 4.76. The molecule has 1 heterocycles. The first-order valence-corrected chi connectivity index (χ1v) is 9.19. The van der Waals surface area contributed by atoms with E-state index in [0.717, 1.165) is 6.07 Å². The van der Waals surface area contributed by atoms with E-state index in [9.17, 15) is 30.5 Å². The first-order valence-electron chi connectivity index (χ1n) is 9.19. The van der Waals surface area contributed by atoms with Gasteiger partial charge in [-0.3, -0.25) is 10.1 Å². The fraction of sp³-hybridized carbons (Fsp3) is 0.350. The minimum atomic E-state index is -1.66. The van der Waals surface area contributed by atoms with Crippen molar-refractivity contribution < 1.29 is 39.6 Å². The van der Waals surface area contributed by atoms with Gasteiger partial charge >= 0.3 is 5.69 Å². The van der Waals surface area contributed by atoms with Gasteiger partial charge in [-0.15, -0.1) is 0 Å². The molecule has 0 radical (unpaired) electrons. The van der Waals surface area contributed by atoms with Crippen LogP contribution in [0.1, 0.15) is 11.1 Å². The van der Waals surface area contributed by atoms with Crippen molar-refractivity contribution in [3.05, 3.63) is 57.6 Å². The van der Waals surface area contributed by atoms with E-state index in [0.29, 0.717) is 11.1 Å². The fourth-order valence-electron chi connectivity index (χ4n) is 3.02. The molecule has 1 saturated heterocycles. The number of nitriles is 1. The highest BCUT2D eigenvalue weighted by Crippen LogP contribution is 2.38. The Labute approximate surface area is 176 Å². The van der Waals surface area contributed by atoms with Gasteiger partial charge < -0.3 is 34.6 Å². The van der Waals surface area contributed by atoms with Gasteiger partial charge in [-0.25, -0.2) is 0 Å². The van der Waals surface area contributed by atoms with E-state index < -0.39 is 47.9 Å². The minimum absolute atomic E-state index is 0.0248. The number of hydrogen-bond acceptors (Lipinski definition) is 10. The van der Waals surface area contributed by atoms with Crippen LogP contribution in [0.4, 0.5) is 5.69 Å². The van der Waals surface area contributed by atoms with Crippen molar-refractivity contribution in [3.8, 4) is 23.3 Å². The van der Waals surface area contributed by atoms with Crippen LogP contribution in [0.2, 0.25) is 0 Å². The van der Waals surface area contributed by atoms with Crippen LogP contribution in [0.5, 0.6) is 17.2 Å². The average Bonchev–Trinajstić information content (AvgIpc) is 2.76. The van der Waals surface area contributed by atoms with Gasteiger partial charge in [-0.05, 0) is 42.8 Å². The molecule has 0 aliphatic carbocycles. The number of aliphatic hydroxyl groups excluding tert-OH is 4. The second-order valence-electron chi connectivity index (χ2n) is 6.90. The van der Waals surface area contributed by atoms with Crippen LogP contribution in [-0.4, -0.2) is 62.7 Å². The Morgan fingerprint density at radius 2 is 1.81 bits per heavy atom. The topological polar surface area (TPSA) is 176 Å². The molecule has 2 aromatic carbocycles. The van der Waals surface area contributed by atoms with E-state index in [1.807, 2.05) is 6.07 Å². The van der Waals surface area contributed by atoms with Crippen molar-refractivity contribution in [2.24, 2.45) is 0 Å². The molecular formula is C20H20N2O9. The molecule has 1 fully saturated rings. The summed E-state index contributed by atoms with van der Waals surface area (Å²) < 4.78 is 16.4. The monoisotopic (exact) mass is 432 g/mol. The van der Waals surface area contributed by atoms with Crippen LogP contribution in [-0.2, 0) is 4.74 Å². The number of ether oxygens (including phenoxy) is 3. The van der Waals surface area contributed by atoms with Gasteiger partial charge in [0.25, 0.3) is 0 Å². The van der Waals surface area contributed by atoms with Crippen LogP contribution in [0.15, 0.2) is 36.4 Å². The zero-order valence-corrected chi connectivity index (χ0v) is 16.3. The van der Waals surface area contributed by atoms with Gasteiger partial charge in [0.15, 0.2) is 0 Å². The number of hydrogen-bond donors (Lipinski definition) is 4. The second-order valence-corrected chi connectivity index (χ2v) is 6.90. The maximum absolute atomic E-state index is 11.6. The van der Waals surface area contributed by atoms with Crippen LogP contribution in [0.25, 0.3) is 0 Å². The molecule has 1 aliphatic heterocycles. The molecule has 5 atom stereocenters. The van der Waals surface area contributed by atoms with Crippen molar-refractivity contribution in [1.29, 1.82) is 5.26 Å². The Hall–Kier alpha value is -3.27. The number of nitro benzene ring substituents is 1. The summed E-state index contributed by atoms with van der Waals surface area (Å²) >= 11 is 0. The van der Waals surface area contributed by atoms with Crippen molar-refractivity contribution in [2.75, 3.05) is 6.61 Å². The number of rotatable bonds is 6. The maximum atomic E-state index is 11.6. The van der Waals surface area contributed by atoms with Gasteiger partial charge in [0.2, 0.25) is 12.0 Å². The van der Waals surface area contributed by atoms with E-state index in [1.54, 1.807) is 6.92 Å². The number of benzene rings is 2. The lowest BCUT2D eigenvalue weighted by Gasteiger charge is -2.39. The largest absolute Gasteiger partial charge is 0.461 e. The highest BCUT2D eigenvalue weighted by atomic mass is 16.7. The standard InChI is InChI=1S/C20H20N2O9/c1-10-6-15(29-12-4-2-11(8-21)3-5-12)13(22(27)28)7-14(10)30-20-19(26)18(25)17(24)16(9-23)31-20/h2-7,16-20,23-26H,9H2,1H3/t16-,17-,18+,19+,20+/m1/s1. The summed E-state index contributed by atoms with van der Waals surface area (Å²) in [6, 6.07) is 10.4. The summed E-state index contributed by atoms with van der Waals surface area (Å²) in [5, 5.41) is 59.5. The molecular weight excluding hydrogens is 412 g/mol. The van der Waals surface area contributed by atoms with Crippen molar-refractivity contribution in [1.82, 2.24) is 0 Å². The summed E-state index contributed by atoms with van der Waals surface area (Å²) in [4.78, 5) is 10.9. The smallest absolute Gasteiger partial charge is 0.315 e. The summed E-state index contributed by atoms with van der Waals surface area (Å²) in [5.41, 5.74) is 0.363. The maximum Gasteiger partial charge on any atom is 0.315 e. The summed E-state index contributed by atoms with van der Waals surface area (Å²) in [5.74, 6) is 0.181. The molecule has 1 aliphatic rings. The van der Waals surface area contributed by atoms with Crippen LogP contribution in [0.3, 0.4) is 0 Å². The predicted molar refractivity (Wildman–Crippen MR) is 103 cm³/mol. The molecule has 0 spiro atoms. The molecule has 11 heteroatoms. The molecule has 164 valence electrons. The Morgan fingerprint density at radius 1 is 1.13 bits per heavy atom. The van der Waals surface area contributed by atoms with Gasteiger partial charge in [-0.1, -0.05) is 0 Å². The lowest BCUT2D eigenvalue weighted by atomic mass is 9.99. The highest BCUT2D eigenvalue weighted by molar-refractivity contribution is 5.56. The SMILES string of the molecule is Cc1cc(Oc2ccc(C#N)cc2)c([N+](=O)[O-])cc1O[C@H]1O[C@H](CO)[C@@H](O)[C@H](O)[C@@H]1O. The molecule has 11 nitrogen and oxygen atoms in total. The zero-order valence-electron chi connectivity index (χ0n) is 16.3. The molecule has 0 aromatic heterocycles. The minimum Gasteiger partial charge on any atom is -0.461 e. The first-order chi connectivity index (χ1) is 14.7. The lowest BCUT2D eigenvalue weighted by Crippen LogP contribution is -2.60. The summed E-state index contributed by atoms with van der Waals surface area (Å²) in [7, 11) is 0. The normalized spacial score (nSPS) is 25.5. The number of nitrogens with zero attached hydrogens (tertiary/aromatic N) is 2. The van der Waals surface area contributed by atoms with Crippen molar-refractivity contribution in [3.63, 3.8) is 0 Å². The molecule has 3 rings (SSSR count). The second kappa shape index (κ2) is 9.25. The van der Waals surface area contributed by atoms with Gasteiger partial charge in [-0.2, -0.15) is 5.26 Å². The fourth-order valence-corrected chi connectivity index (χ4v) is 3.02. The molecule has 4 N–H and O–H groups in total. The van der Waals surface area contributed by atoms with Crippen LogP contribution in [0, 0.1) is 28.4 Å². The number of aliphatic hydroxyl groups is 4. The molecule has 0 bridgehead atoms. The molecule has 2 aromatic rings. The first kappa shape index (κ1) is 22.4. The Balaban J connectivity index is 1.87. The van der Waals surface area contributed by atoms with Gasteiger partial charge in [0.05, 0.1) is 29.2 Å². The van der Waals surface area contributed by atoms with E-state index in [-0.39, 0.29) is 17.2 Å². The quantitative estimate of drug-likeness (QED) is 0.376. The summed E-state index contributed by atoms with van der Waals surface area (Å²) in [6.07, 6.45) is -7.54. The molecule has 0 amide bonds. The Bertz CT molecular complexity index is 987. The molecule has 0 saturated carbocycles. The van der Waals surface area contributed by atoms with Crippen molar-refractivity contribution in [2.45, 2.75) is 37.6 Å². The number of aryl methyl sites for hydroxylation is 1. The van der Waals surface area contributed by atoms with Crippen LogP contribution < -0.4 is 9.47 Å². The zero-order chi connectivity index (χ0) is 22.7. The molecule has 0 unspecified atom stereocenters. The van der Waals surface area contributed by atoms with Crippen LogP contribution >= 0.6 is 0 Å². The summed E-state index contributed by atoms with van der Waals surface area (Å²) in [6.45, 7) is 0.940. The third kappa shape index (κ3) is 4.74. The predicted octanol–water partition coefficient (Wildman–Crippen LogP) is 0.746. The third-order valence-corrected chi connectivity index (χ3v) is 4.76. The van der Waals surface area contributed by atoms with E-state index >= 15 is 0 Å². The van der Waals surface area contributed by atoms with E-state index in [1.165, 1.54) is 30.3 Å². The Morgan fingerprint density at radius 3 is 2.39 bits per heavy atom. The average molecular weight is 432 g/mol. The van der Waals surface area contributed by atoms with E-state index in [2.05, 4.69) is 0 Å². The molecule has 31 heavy (non-hydrogen) atoms. The number of nitro groups is 1. The van der Waals surface area contributed by atoms with Gasteiger partial charge in [0.1, 0.15) is 35.9 Å². The Kier molecular flexibility index (Phi) is 6.69.